The van der Waals surface area contributed by atoms with Crippen molar-refractivity contribution in [3.05, 3.63) is 95.6 Å². The van der Waals surface area contributed by atoms with Crippen LogP contribution in [0.3, 0.4) is 0 Å². The largest absolute Gasteiger partial charge is 0.482 e. The lowest BCUT2D eigenvalue weighted by molar-refractivity contribution is -0.121. The van der Waals surface area contributed by atoms with Crippen LogP contribution in [0.1, 0.15) is 42.9 Å². The number of nitrogens with one attached hydrogen (secondary N) is 1. The van der Waals surface area contributed by atoms with Crippen molar-refractivity contribution in [3.8, 4) is 5.75 Å². The van der Waals surface area contributed by atoms with Gasteiger partial charge in [0.1, 0.15) is 5.75 Å². The lowest BCUT2D eigenvalue weighted by atomic mass is 10.0. The highest BCUT2D eigenvalue weighted by Crippen LogP contribution is 2.34. The van der Waals surface area contributed by atoms with Crippen molar-refractivity contribution < 1.29 is 14.3 Å². The van der Waals surface area contributed by atoms with Crippen LogP contribution in [0.2, 0.25) is 0 Å². The van der Waals surface area contributed by atoms with Gasteiger partial charge in [0, 0.05) is 18.3 Å². The second-order valence-corrected chi connectivity index (χ2v) is 8.75. The fourth-order valence-corrected chi connectivity index (χ4v) is 3.96. The first kappa shape index (κ1) is 23.3. The molecule has 0 spiro atoms. The molecule has 0 atom stereocenters. The Balaban J connectivity index is 1.40. The number of anilines is 2. The predicted molar refractivity (Wildman–Crippen MR) is 137 cm³/mol. The first-order valence-corrected chi connectivity index (χ1v) is 11.7. The Morgan fingerprint density at radius 1 is 1.06 bits per heavy atom. The molecule has 0 radical (unpaired) electrons. The fourth-order valence-electron chi connectivity index (χ4n) is 3.96. The van der Waals surface area contributed by atoms with E-state index >= 15 is 0 Å². The van der Waals surface area contributed by atoms with Crippen LogP contribution in [-0.2, 0) is 16.0 Å². The molecule has 2 amide bonds. The number of fused-ring (bicyclic) bond motifs is 1. The summed E-state index contributed by atoms with van der Waals surface area (Å²) in [5.74, 6) is 0.817. The third kappa shape index (κ3) is 5.93. The molecule has 5 heteroatoms. The molecule has 34 heavy (non-hydrogen) atoms. The SMILES string of the molecule is CC(C)c1ccc(/C=C/C(=O)Nc2ccc3c(c2)N(CCCc2ccccc2)C(=O)CO3)cc1. The molecule has 3 aromatic rings. The number of carbonyl (C=O) groups excluding carboxylic acids is 2. The van der Waals surface area contributed by atoms with Gasteiger partial charge in [-0.25, -0.2) is 0 Å². The number of amides is 2. The molecule has 1 N–H and O–H groups in total. The maximum Gasteiger partial charge on any atom is 0.265 e. The zero-order valence-corrected chi connectivity index (χ0v) is 19.7. The second kappa shape index (κ2) is 10.8. The van der Waals surface area contributed by atoms with Crippen LogP contribution in [0.5, 0.6) is 5.75 Å². The Morgan fingerprint density at radius 3 is 2.56 bits per heavy atom. The summed E-state index contributed by atoms with van der Waals surface area (Å²) >= 11 is 0. The van der Waals surface area contributed by atoms with E-state index in [9.17, 15) is 9.59 Å². The highest BCUT2D eigenvalue weighted by molar-refractivity contribution is 6.03. The zero-order chi connectivity index (χ0) is 23.9. The summed E-state index contributed by atoms with van der Waals surface area (Å²) in [5, 5.41) is 2.89. The van der Waals surface area contributed by atoms with Gasteiger partial charge in [0.25, 0.3) is 5.91 Å². The summed E-state index contributed by atoms with van der Waals surface area (Å²) in [4.78, 5) is 26.8. The monoisotopic (exact) mass is 454 g/mol. The van der Waals surface area contributed by atoms with E-state index in [-0.39, 0.29) is 18.4 Å². The minimum Gasteiger partial charge on any atom is -0.482 e. The molecule has 0 saturated heterocycles. The Bertz CT molecular complexity index is 1170. The standard InChI is InChI=1S/C29H30N2O3/c1-21(2)24-13-10-23(11-14-24)12-17-28(32)30-25-15-16-27-26(19-25)31(29(33)20-34-27)18-6-9-22-7-4-3-5-8-22/h3-5,7-8,10-17,19,21H,6,9,18,20H2,1-2H3,(H,30,32)/b17-12+. The molecule has 4 rings (SSSR count). The van der Waals surface area contributed by atoms with E-state index in [0.29, 0.717) is 29.6 Å². The molecule has 0 saturated carbocycles. The van der Waals surface area contributed by atoms with Gasteiger partial charge in [-0.15, -0.1) is 0 Å². The number of hydrogen-bond donors (Lipinski definition) is 1. The van der Waals surface area contributed by atoms with Crippen molar-refractivity contribution in [2.45, 2.75) is 32.6 Å². The fraction of sp³-hybridized carbons (Fsp3) is 0.241. The van der Waals surface area contributed by atoms with E-state index in [4.69, 9.17) is 4.74 Å². The van der Waals surface area contributed by atoms with Gasteiger partial charge < -0.3 is 15.0 Å². The van der Waals surface area contributed by atoms with E-state index < -0.39 is 0 Å². The Labute approximate surface area is 201 Å². The number of ether oxygens (including phenoxy) is 1. The van der Waals surface area contributed by atoms with Gasteiger partial charge in [0.15, 0.2) is 6.61 Å². The van der Waals surface area contributed by atoms with E-state index in [1.54, 1.807) is 29.2 Å². The number of hydrogen-bond acceptors (Lipinski definition) is 3. The maximum atomic E-state index is 12.6. The van der Waals surface area contributed by atoms with Crippen molar-refractivity contribution in [2.24, 2.45) is 0 Å². The number of benzene rings is 3. The molecule has 174 valence electrons. The van der Waals surface area contributed by atoms with Crippen molar-refractivity contribution in [3.63, 3.8) is 0 Å². The topological polar surface area (TPSA) is 58.6 Å². The highest BCUT2D eigenvalue weighted by Gasteiger charge is 2.25. The lowest BCUT2D eigenvalue weighted by Gasteiger charge is -2.30. The average Bonchev–Trinajstić information content (AvgIpc) is 2.85. The van der Waals surface area contributed by atoms with E-state index in [0.717, 1.165) is 18.4 Å². The van der Waals surface area contributed by atoms with Gasteiger partial charge in [-0.2, -0.15) is 0 Å². The summed E-state index contributed by atoms with van der Waals surface area (Å²) < 4.78 is 5.60. The first-order chi connectivity index (χ1) is 16.5. The van der Waals surface area contributed by atoms with Gasteiger partial charge >= 0.3 is 0 Å². The summed E-state index contributed by atoms with van der Waals surface area (Å²) in [6, 6.07) is 23.8. The maximum absolute atomic E-state index is 12.6. The third-order valence-corrected chi connectivity index (χ3v) is 5.89. The number of aryl methyl sites for hydroxylation is 1. The van der Waals surface area contributed by atoms with Gasteiger partial charge in [-0.05, 0) is 59.7 Å². The first-order valence-electron chi connectivity index (χ1n) is 11.7. The normalized spacial score (nSPS) is 13.1. The minimum absolute atomic E-state index is 0.0301. The Hall–Kier alpha value is -3.86. The Kier molecular flexibility index (Phi) is 7.43. The summed E-state index contributed by atoms with van der Waals surface area (Å²) in [5.41, 5.74) is 4.79. The molecule has 0 unspecified atom stereocenters. The van der Waals surface area contributed by atoms with Crippen LogP contribution in [0.4, 0.5) is 11.4 Å². The van der Waals surface area contributed by atoms with Crippen LogP contribution >= 0.6 is 0 Å². The van der Waals surface area contributed by atoms with Gasteiger partial charge in [0.2, 0.25) is 5.91 Å². The lowest BCUT2D eigenvalue weighted by Crippen LogP contribution is -2.39. The number of carbonyl (C=O) groups is 2. The summed E-state index contributed by atoms with van der Waals surface area (Å²) in [6.45, 7) is 4.93. The quantitative estimate of drug-likeness (QED) is 0.436. The molecule has 0 fully saturated rings. The minimum atomic E-state index is -0.230. The zero-order valence-electron chi connectivity index (χ0n) is 19.7. The molecule has 1 heterocycles. The molecule has 5 nitrogen and oxygen atoms in total. The molecule has 1 aliphatic heterocycles. The number of nitrogens with zero attached hydrogens (tertiary/aromatic N) is 1. The van der Waals surface area contributed by atoms with Crippen LogP contribution in [0.15, 0.2) is 78.9 Å². The smallest absolute Gasteiger partial charge is 0.265 e. The molecule has 0 aromatic heterocycles. The van der Waals surface area contributed by atoms with Crippen LogP contribution in [0, 0.1) is 0 Å². The summed E-state index contributed by atoms with van der Waals surface area (Å²) in [7, 11) is 0. The van der Waals surface area contributed by atoms with E-state index in [1.165, 1.54) is 17.2 Å². The molecule has 0 aliphatic carbocycles. The van der Waals surface area contributed by atoms with Gasteiger partial charge in [-0.3, -0.25) is 9.59 Å². The van der Waals surface area contributed by atoms with Crippen molar-refractivity contribution in [2.75, 3.05) is 23.4 Å². The highest BCUT2D eigenvalue weighted by atomic mass is 16.5. The molecule has 3 aromatic carbocycles. The van der Waals surface area contributed by atoms with Crippen LogP contribution in [0.25, 0.3) is 6.08 Å². The molecule has 1 aliphatic rings. The summed E-state index contributed by atoms with van der Waals surface area (Å²) in [6.07, 6.45) is 5.04. The molecular weight excluding hydrogens is 424 g/mol. The predicted octanol–water partition coefficient (Wildman–Crippen LogP) is 5.82. The average molecular weight is 455 g/mol. The number of rotatable bonds is 8. The van der Waals surface area contributed by atoms with Crippen molar-refractivity contribution >= 4 is 29.3 Å². The van der Waals surface area contributed by atoms with Crippen molar-refractivity contribution in [1.82, 2.24) is 0 Å². The van der Waals surface area contributed by atoms with Gasteiger partial charge in [0.05, 0.1) is 5.69 Å². The second-order valence-electron chi connectivity index (χ2n) is 8.75. The van der Waals surface area contributed by atoms with Crippen LogP contribution in [-0.4, -0.2) is 25.0 Å². The third-order valence-electron chi connectivity index (χ3n) is 5.89. The van der Waals surface area contributed by atoms with E-state index in [1.807, 2.05) is 30.3 Å². The van der Waals surface area contributed by atoms with Gasteiger partial charge in [-0.1, -0.05) is 68.4 Å². The molecule has 0 bridgehead atoms. The van der Waals surface area contributed by atoms with Crippen LogP contribution < -0.4 is 15.0 Å². The van der Waals surface area contributed by atoms with E-state index in [2.05, 4.69) is 43.4 Å². The van der Waals surface area contributed by atoms with Crippen molar-refractivity contribution in [1.29, 1.82) is 0 Å². The molecular formula is C29H30N2O3. The Morgan fingerprint density at radius 2 is 1.82 bits per heavy atom.